The number of aliphatic hydroxyl groups excluding tert-OH is 1. The first kappa shape index (κ1) is 25.2. The van der Waals surface area contributed by atoms with Crippen molar-refractivity contribution in [3.63, 3.8) is 0 Å². The van der Waals surface area contributed by atoms with Gasteiger partial charge >= 0.3 is 6.18 Å². The second kappa shape index (κ2) is 9.85. The van der Waals surface area contributed by atoms with Gasteiger partial charge in [-0.2, -0.15) is 13.2 Å². The Hall–Kier alpha value is -2.38. The summed E-state index contributed by atoms with van der Waals surface area (Å²) in [6.07, 6.45) is -0.910. The van der Waals surface area contributed by atoms with E-state index in [0.717, 1.165) is 11.8 Å². The predicted molar refractivity (Wildman–Crippen MR) is 125 cm³/mol. The maximum absolute atomic E-state index is 13.9. The highest BCUT2D eigenvalue weighted by atomic mass is 31.2. The second-order valence-electron chi connectivity index (χ2n) is 8.68. The van der Waals surface area contributed by atoms with Crippen LogP contribution >= 0.6 is 7.14 Å². The van der Waals surface area contributed by atoms with Crippen LogP contribution in [0, 0.1) is 5.92 Å². The number of hydrogen-bond donors (Lipinski definition) is 3. The number of aromatic nitrogens is 2. The topological polar surface area (TPSA) is 87.1 Å². The van der Waals surface area contributed by atoms with Gasteiger partial charge in [0.15, 0.2) is 0 Å². The lowest BCUT2D eigenvalue weighted by atomic mass is 9.82. The molecule has 0 atom stereocenters. The van der Waals surface area contributed by atoms with Gasteiger partial charge in [0.25, 0.3) is 0 Å². The molecular weight excluding hydrogens is 452 g/mol. The van der Waals surface area contributed by atoms with Crippen molar-refractivity contribution >= 4 is 24.0 Å². The minimum Gasteiger partial charge on any atom is -0.393 e. The van der Waals surface area contributed by atoms with E-state index in [2.05, 4.69) is 20.6 Å². The first-order valence-electron chi connectivity index (χ1n) is 10.9. The molecule has 10 heteroatoms. The van der Waals surface area contributed by atoms with Crippen molar-refractivity contribution in [3.05, 3.63) is 53.0 Å². The van der Waals surface area contributed by atoms with Gasteiger partial charge in [-0.25, -0.2) is 9.97 Å². The number of alkyl halides is 3. The average molecular weight is 482 g/mol. The number of nitrogens with zero attached hydrogens (tertiary/aromatic N) is 2. The summed E-state index contributed by atoms with van der Waals surface area (Å²) in [7, 11) is -1.06. The van der Waals surface area contributed by atoms with E-state index >= 15 is 0 Å². The van der Waals surface area contributed by atoms with E-state index in [1.807, 2.05) is 6.92 Å². The molecule has 1 aliphatic rings. The molecule has 0 spiro atoms. The van der Waals surface area contributed by atoms with Gasteiger partial charge in [-0.1, -0.05) is 25.1 Å². The third kappa shape index (κ3) is 5.76. The number of aliphatic hydroxyl groups is 1. The number of hydrogen-bond acceptors (Lipinski definition) is 6. The lowest BCUT2D eigenvalue weighted by Gasteiger charge is -2.31. The zero-order valence-corrected chi connectivity index (χ0v) is 20.1. The van der Waals surface area contributed by atoms with Crippen molar-refractivity contribution in [2.24, 2.45) is 5.92 Å². The summed E-state index contributed by atoms with van der Waals surface area (Å²) in [4.78, 5) is 8.16. The number of rotatable bonds is 8. The highest BCUT2D eigenvalue weighted by Gasteiger charge is 2.37. The molecule has 180 valence electrons. The quantitative estimate of drug-likeness (QED) is 0.492. The normalized spacial score (nSPS) is 19.2. The number of halogens is 3. The summed E-state index contributed by atoms with van der Waals surface area (Å²) in [5, 5.41) is 15.9. The van der Waals surface area contributed by atoms with E-state index in [1.165, 1.54) is 6.20 Å². The summed E-state index contributed by atoms with van der Waals surface area (Å²) in [5.41, 5.74) is 0.332. The smallest absolute Gasteiger partial charge is 0.393 e. The lowest BCUT2D eigenvalue weighted by molar-refractivity contribution is -0.138. The zero-order valence-electron chi connectivity index (χ0n) is 19.2. The van der Waals surface area contributed by atoms with Gasteiger partial charge in [-0.3, -0.25) is 0 Å². The van der Waals surface area contributed by atoms with E-state index in [9.17, 15) is 22.8 Å². The summed E-state index contributed by atoms with van der Waals surface area (Å²) in [6, 6.07) is 5.21. The zero-order chi connectivity index (χ0) is 24.4. The largest absolute Gasteiger partial charge is 0.419 e. The molecule has 0 unspecified atom stereocenters. The van der Waals surface area contributed by atoms with Crippen molar-refractivity contribution in [3.8, 4) is 0 Å². The van der Waals surface area contributed by atoms with Gasteiger partial charge in [0.2, 0.25) is 5.95 Å². The molecule has 1 heterocycles. The number of nitrogens with one attached hydrogen (secondary N) is 2. The van der Waals surface area contributed by atoms with Crippen LogP contribution in [0.1, 0.15) is 42.1 Å². The Kier molecular flexibility index (Phi) is 7.54. The van der Waals surface area contributed by atoms with Crippen LogP contribution in [0.3, 0.4) is 0 Å². The van der Waals surface area contributed by atoms with Gasteiger partial charge < -0.3 is 20.3 Å². The molecule has 3 rings (SSSR count). The SMILES string of the molecule is CCc1c(/C(=C\NC)c2nc(NCC3CC(O)C3)ncc2C(F)(F)F)cccc1P(C)(C)=O. The van der Waals surface area contributed by atoms with Crippen molar-refractivity contribution in [2.45, 2.75) is 38.5 Å². The van der Waals surface area contributed by atoms with Crippen molar-refractivity contribution < 1.29 is 22.8 Å². The highest BCUT2D eigenvalue weighted by molar-refractivity contribution is 7.70. The fraction of sp³-hybridized carbons (Fsp3) is 0.478. The molecule has 1 aromatic heterocycles. The minimum atomic E-state index is -4.66. The molecule has 1 aliphatic carbocycles. The highest BCUT2D eigenvalue weighted by Crippen LogP contribution is 2.41. The average Bonchev–Trinajstić information content (AvgIpc) is 2.72. The molecule has 3 N–H and O–H groups in total. The summed E-state index contributed by atoms with van der Waals surface area (Å²) in [5.74, 6) is 0.320. The molecule has 6 nitrogen and oxygen atoms in total. The van der Waals surface area contributed by atoms with E-state index in [1.54, 1.807) is 38.6 Å². The first-order chi connectivity index (χ1) is 15.5. The van der Waals surface area contributed by atoms with Crippen molar-refractivity contribution in [1.82, 2.24) is 15.3 Å². The van der Waals surface area contributed by atoms with Gasteiger partial charge in [0.1, 0.15) is 12.7 Å². The van der Waals surface area contributed by atoms with Crippen LogP contribution < -0.4 is 15.9 Å². The van der Waals surface area contributed by atoms with E-state index in [-0.39, 0.29) is 29.2 Å². The molecular formula is C23H30F3N4O2P. The van der Waals surface area contributed by atoms with Gasteiger partial charge in [-0.05, 0) is 49.6 Å². The first-order valence-corrected chi connectivity index (χ1v) is 13.5. The Morgan fingerprint density at radius 3 is 2.55 bits per heavy atom. The fourth-order valence-electron chi connectivity index (χ4n) is 4.10. The third-order valence-electron chi connectivity index (χ3n) is 5.77. The molecule has 1 aromatic carbocycles. The summed E-state index contributed by atoms with van der Waals surface area (Å²) in [6.45, 7) is 5.66. The Morgan fingerprint density at radius 1 is 1.30 bits per heavy atom. The maximum atomic E-state index is 13.9. The van der Waals surface area contributed by atoms with E-state index in [0.29, 0.717) is 36.7 Å². The predicted octanol–water partition coefficient (Wildman–Crippen LogP) is 4.10. The molecule has 0 aliphatic heterocycles. The molecule has 1 saturated carbocycles. The molecule has 1 fully saturated rings. The Balaban J connectivity index is 2.13. The number of benzene rings is 1. The summed E-state index contributed by atoms with van der Waals surface area (Å²) < 4.78 is 54.7. The van der Waals surface area contributed by atoms with E-state index < -0.39 is 18.9 Å². The molecule has 0 saturated heterocycles. The van der Waals surface area contributed by atoms with Gasteiger partial charge in [0.05, 0.1) is 11.8 Å². The van der Waals surface area contributed by atoms with E-state index in [4.69, 9.17) is 0 Å². The van der Waals surface area contributed by atoms with Crippen LogP contribution in [-0.2, 0) is 17.2 Å². The van der Waals surface area contributed by atoms with Gasteiger partial charge in [0, 0.05) is 36.9 Å². The monoisotopic (exact) mass is 482 g/mol. The Bertz CT molecular complexity index is 1080. The lowest BCUT2D eigenvalue weighted by Crippen LogP contribution is -2.33. The fourth-order valence-corrected chi connectivity index (χ4v) is 5.48. The van der Waals surface area contributed by atoms with Crippen LogP contribution in [0.2, 0.25) is 0 Å². The van der Waals surface area contributed by atoms with Crippen LogP contribution in [0.5, 0.6) is 0 Å². The number of anilines is 1. The molecule has 0 radical (unpaired) electrons. The van der Waals surface area contributed by atoms with Crippen LogP contribution in [0.4, 0.5) is 19.1 Å². The van der Waals surface area contributed by atoms with Crippen molar-refractivity contribution in [2.75, 3.05) is 32.2 Å². The molecule has 0 bridgehead atoms. The van der Waals surface area contributed by atoms with Gasteiger partial charge in [-0.15, -0.1) is 0 Å². The Morgan fingerprint density at radius 2 is 2.00 bits per heavy atom. The molecule has 2 aromatic rings. The standard InChI is InChI=1S/C23H30F3N4O2P/c1-5-16-17(7-6-8-20(16)33(3,4)32)18(12-27-2)21-19(23(24,25)26)13-29-22(30-21)28-11-14-9-15(31)10-14/h6-8,12-15,27,31H,5,9-11H2,1-4H3,(H,28,29,30)/b18-12+. The molecule has 33 heavy (non-hydrogen) atoms. The third-order valence-corrected chi connectivity index (χ3v) is 7.35. The summed E-state index contributed by atoms with van der Waals surface area (Å²) >= 11 is 0. The van der Waals surface area contributed by atoms with Crippen LogP contribution in [0.25, 0.3) is 5.57 Å². The van der Waals surface area contributed by atoms with Crippen LogP contribution in [-0.4, -0.2) is 48.1 Å². The molecule has 0 amide bonds. The van der Waals surface area contributed by atoms with Crippen molar-refractivity contribution in [1.29, 1.82) is 0 Å². The van der Waals surface area contributed by atoms with Crippen LogP contribution in [0.15, 0.2) is 30.6 Å². The second-order valence-corrected chi connectivity index (χ2v) is 11.9. The minimum absolute atomic E-state index is 0.0900. The maximum Gasteiger partial charge on any atom is 0.419 e. The Labute approximate surface area is 192 Å².